The Kier molecular flexibility index (Phi) is 6.72. The van der Waals surface area contributed by atoms with E-state index in [1.54, 1.807) is 12.1 Å². The maximum Gasteiger partial charge on any atom is 0.416 e. The average Bonchev–Trinajstić information content (AvgIpc) is 2.42. The molecule has 4 heteroatoms. The van der Waals surface area contributed by atoms with E-state index in [4.69, 9.17) is 0 Å². The van der Waals surface area contributed by atoms with Gasteiger partial charge in [0.25, 0.3) is 0 Å². The topological polar surface area (TPSA) is 20.2 Å². The van der Waals surface area contributed by atoms with Crippen molar-refractivity contribution in [3.05, 3.63) is 35.4 Å². The smallest absolute Gasteiger partial charge is 0.390 e. The molecule has 1 nitrogen and oxygen atoms in total. The van der Waals surface area contributed by atoms with Crippen molar-refractivity contribution in [2.75, 3.05) is 0 Å². The molecule has 21 heavy (non-hydrogen) atoms. The zero-order chi connectivity index (χ0) is 15.9. The van der Waals surface area contributed by atoms with Crippen molar-refractivity contribution in [1.82, 2.24) is 0 Å². The number of aryl methyl sites for hydroxylation is 1. The first-order valence-electron chi connectivity index (χ1n) is 7.63. The van der Waals surface area contributed by atoms with Crippen LogP contribution < -0.4 is 0 Å². The van der Waals surface area contributed by atoms with Crippen LogP contribution in [0.3, 0.4) is 0 Å². The van der Waals surface area contributed by atoms with Gasteiger partial charge in [0, 0.05) is 0 Å². The summed E-state index contributed by atoms with van der Waals surface area (Å²) in [6, 6.07) is 5.41. The number of hydrogen-bond donors (Lipinski definition) is 1. The molecule has 1 aromatic carbocycles. The van der Waals surface area contributed by atoms with E-state index in [-0.39, 0.29) is 0 Å². The van der Waals surface area contributed by atoms with Gasteiger partial charge in [-0.2, -0.15) is 13.2 Å². The molecule has 0 aromatic heterocycles. The maximum absolute atomic E-state index is 12.4. The van der Waals surface area contributed by atoms with Gasteiger partial charge in [-0.1, -0.05) is 38.3 Å². The Morgan fingerprint density at radius 3 is 2.05 bits per heavy atom. The highest BCUT2D eigenvalue weighted by Crippen LogP contribution is 2.29. The first-order valence-corrected chi connectivity index (χ1v) is 7.63. The van der Waals surface area contributed by atoms with E-state index in [2.05, 4.69) is 0 Å². The molecule has 1 rings (SSSR count). The van der Waals surface area contributed by atoms with Crippen LogP contribution in [0.25, 0.3) is 0 Å². The minimum atomic E-state index is -4.26. The molecule has 1 atom stereocenters. The van der Waals surface area contributed by atoms with Gasteiger partial charge in [-0.3, -0.25) is 0 Å². The highest BCUT2D eigenvalue weighted by atomic mass is 19.4. The first kappa shape index (κ1) is 18.0. The molecule has 120 valence electrons. The van der Waals surface area contributed by atoms with Crippen LogP contribution in [0.2, 0.25) is 0 Å². The summed E-state index contributed by atoms with van der Waals surface area (Å²) >= 11 is 0. The van der Waals surface area contributed by atoms with E-state index in [1.807, 2.05) is 13.8 Å². The van der Waals surface area contributed by atoms with Crippen LogP contribution in [-0.2, 0) is 12.6 Å². The number of benzene rings is 1. The summed E-state index contributed by atoms with van der Waals surface area (Å²) < 4.78 is 37.2. The van der Waals surface area contributed by atoms with Crippen molar-refractivity contribution in [2.45, 2.75) is 70.6 Å². The summed E-state index contributed by atoms with van der Waals surface area (Å²) in [6.07, 6.45) is 2.18. The second-order valence-corrected chi connectivity index (χ2v) is 5.96. The Balaban J connectivity index is 2.22. The van der Waals surface area contributed by atoms with Gasteiger partial charge >= 0.3 is 6.18 Å². The number of aliphatic hydroxyl groups is 1. The molecule has 0 heterocycles. The Bertz CT molecular complexity index is 407. The largest absolute Gasteiger partial charge is 0.416 e. The summed E-state index contributed by atoms with van der Waals surface area (Å²) in [5, 5.41) is 9.86. The molecule has 0 aliphatic rings. The molecule has 0 spiro atoms. The summed E-state index contributed by atoms with van der Waals surface area (Å²) in [6.45, 7) is 3.83. The monoisotopic (exact) mass is 302 g/mol. The molecule has 0 saturated heterocycles. The number of alkyl halides is 3. The number of halogens is 3. The minimum absolute atomic E-state index is 0.562. The summed E-state index contributed by atoms with van der Waals surface area (Å²) in [7, 11) is 0. The van der Waals surface area contributed by atoms with Crippen LogP contribution in [0.15, 0.2) is 24.3 Å². The molecule has 0 amide bonds. The second-order valence-electron chi connectivity index (χ2n) is 5.96. The van der Waals surface area contributed by atoms with Gasteiger partial charge in [0.2, 0.25) is 0 Å². The van der Waals surface area contributed by atoms with E-state index < -0.39 is 17.3 Å². The molecule has 0 fully saturated rings. The Morgan fingerprint density at radius 1 is 0.952 bits per heavy atom. The molecule has 0 aliphatic heterocycles. The molecular formula is C17H25F3O. The molecule has 0 radical (unpaired) electrons. The van der Waals surface area contributed by atoms with E-state index in [1.165, 1.54) is 0 Å². The van der Waals surface area contributed by atoms with E-state index in [9.17, 15) is 18.3 Å². The lowest BCUT2D eigenvalue weighted by molar-refractivity contribution is -0.137. The molecule has 0 aliphatic carbocycles. The van der Waals surface area contributed by atoms with Crippen LogP contribution in [0, 0.1) is 0 Å². The minimum Gasteiger partial charge on any atom is -0.390 e. The van der Waals surface area contributed by atoms with Gasteiger partial charge in [-0.15, -0.1) is 0 Å². The SMILES string of the molecule is CCC(C)(O)CCCCCCc1ccc(C(F)(F)F)cc1. The van der Waals surface area contributed by atoms with Gasteiger partial charge in [-0.05, 0) is 50.3 Å². The fourth-order valence-corrected chi connectivity index (χ4v) is 2.23. The molecule has 1 N–H and O–H groups in total. The predicted molar refractivity (Wildman–Crippen MR) is 79.1 cm³/mol. The van der Waals surface area contributed by atoms with E-state index in [0.717, 1.165) is 62.6 Å². The van der Waals surface area contributed by atoms with Crippen molar-refractivity contribution in [2.24, 2.45) is 0 Å². The van der Waals surface area contributed by atoms with Crippen LogP contribution >= 0.6 is 0 Å². The highest BCUT2D eigenvalue weighted by molar-refractivity contribution is 5.24. The van der Waals surface area contributed by atoms with Crippen molar-refractivity contribution >= 4 is 0 Å². The molecule has 1 unspecified atom stereocenters. The lowest BCUT2D eigenvalue weighted by atomic mass is 9.95. The number of unbranched alkanes of at least 4 members (excludes halogenated alkanes) is 3. The van der Waals surface area contributed by atoms with Gasteiger partial charge in [-0.25, -0.2) is 0 Å². The van der Waals surface area contributed by atoms with Crippen LogP contribution in [0.1, 0.15) is 63.5 Å². The zero-order valence-electron chi connectivity index (χ0n) is 12.8. The van der Waals surface area contributed by atoms with Crippen molar-refractivity contribution in [1.29, 1.82) is 0 Å². The Labute approximate surface area is 125 Å². The molecule has 0 saturated carbocycles. The van der Waals surface area contributed by atoms with Gasteiger partial charge in [0.05, 0.1) is 11.2 Å². The average molecular weight is 302 g/mol. The van der Waals surface area contributed by atoms with E-state index >= 15 is 0 Å². The summed E-state index contributed by atoms with van der Waals surface area (Å²) in [5.41, 5.74) is -0.204. The predicted octanol–water partition coefficient (Wildman–Crippen LogP) is 5.36. The zero-order valence-corrected chi connectivity index (χ0v) is 12.8. The number of hydrogen-bond acceptors (Lipinski definition) is 1. The van der Waals surface area contributed by atoms with Gasteiger partial charge in [0.15, 0.2) is 0 Å². The van der Waals surface area contributed by atoms with Crippen molar-refractivity contribution < 1.29 is 18.3 Å². The highest BCUT2D eigenvalue weighted by Gasteiger charge is 2.29. The summed E-state index contributed by atoms with van der Waals surface area (Å²) in [5.74, 6) is 0. The van der Waals surface area contributed by atoms with Gasteiger partial charge < -0.3 is 5.11 Å². The van der Waals surface area contributed by atoms with Crippen molar-refractivity contribution in [3.63, 3.8) is 0 Å². The fourth-order valence-electron chi connectivity index (χ4n) is 2.23. The normalized spacial score (nSPS) is 15.0. The van der Waals surface area contributed by atoms with E-state index in [0.29, 0.717) is 0 Å². The quantitative estimate of drug-likeness (QED) is 0.641. The maximum atomic E-state index is 12.4. The molecule has 1 aromatic rings. The third-order valence-electron chi connectivity index (χ3n) is 3.97. The molecular weight excluding hydrogens is 277 g/mol. The van der Waals surface area contributed by atoms with Crippen LogP contribution in [0.5, 0.6) is 0 Å². The second kappa shape index (κ2) is 7.83. The summed E-state index contributed by atoms with van der Waals surface area (Å²) in [4.78, 5) is 0. The van der Waals surface area contributed by atoms with Gasteiger partial charge in [0.1, 0.15) is 0 Å². The van der Waals surface area contributed by atoms with Crippen LogP contribution in [-0.4, -0.2) is 10.7 Å². The standard InChI is InChI=1S/C17H25F3O/c1-3-16(2,21)13-7-5-4-6-8-14-9-11-15(12-10-14)17(18,19)20/h9-12,21H,3-8,13H2,1-2H3. The third kappa shape index (κ3) is 6.98. The van der Waals surface area contributed by atoms with Crippen LogP contribution in [0.4, 0.5) is 13.2 Å². The molecule has 0 bridgehead atoms. The first-order chi connectivity index (χ1) is 9.74. The fraction of sp³-hybridized carbons (Fsp3) is 0.647. The third-order valence-corrected chi connectivity index (χ3v) is 3.97. The lowest BCUT2D eigenvalue weighted by Crippen LogP contribution is -2.22. The van der Waals surface area contributed by atoms with Crippen molar-refractivity contribution in [3.8, 4) is 0 Å². The number of rotatable bonds is 8. The lowest BCUT2D eigenvalue weighted by Gasteiger charge is -2.20. The Morgan fingerprint density at radius 2 is 1.52 bits per heavy atom. The Hall–Kier alpha value is -1.03.